The van der Waals surface area contributed by atoms with E-state index in [1.165, 1.54) is 0 Å². The van der Waals surface area contributed by atoms with Crippen LogP contribution in [0.5, 0.6) is 11.5 Å². The summed E-state index contributed by atoms with van der Waals surface area (Å²) in [6.45, 7) is 3.46. The predicted molar refractivity (Wildman–Crippen MR) is 142 cm³/mol. The van der Waals surface area contributed by atoms with Gasteiger partial charge < -0.3 is 18.9 Å². The van der Waals surface area contributed by atoms with Crippen molar-refractivity contribution < 1.29 is 28.5 Å². The van der Waals surface area contributed by atoms with E-state index in [1.807, 2.05) is 72.8 Å². The van der Waals surface area contributed by atoms with Crippen LogP contribution in [-0.4, -0.2) is 26.2 Å². The fourth-order valence-electron chi connectivity index (χ4n) is 6.30. The second-order valence-corrected chi connectivity index (χ2v) is 9.47. The number of methoxy groups -OCH3 is 2. The van der Waals surface area contributed by atoms with Gasteiger partial charge in [0.1, 0.15) is 22.7 Å². The van der Waals surface area contributed by atoms with Crippen LogP contribution in [0.1, 0.15) is 28.7 Å². The third-order valence-electron chi connectivity index (χ3n) is 7.89. The summed E-state index contributed by atoms with van der Waals surface area (Å²) in [6.07, 6.45) is 1.46. The van der Waals surface area contributed by atoms with Crippen molar-refractivity contribution in [2.24, 2.45) is 5.92 Å². The Labute approximate surface area is 220 Å². The molecule has 2 bridgehead atoms. The number of carbonyl (C=O) groups is 2. The van der Waals surface area contributed by atoms with Gasteiger partial charge in [0.25, 0.3) is 0 Å². The predicted octanol–water partition coefficient (Wildman–Crippen LogP) is 5.65. The molecule has 0 aromatic heterocycles. The maximum absolute atomic E-state index is 14.1. The Bertz CT molecular complexity index is 1560. The van der Waals surface area contributed by atoms with Crippen LogP contribution in [0, 0.1) is 5.92 Å². The summed E-state index contributed by atoms with van der Waals surface area (Å²) in [5.41, 5.74) is 1.92. The molecule has 0 radical (unpaired) electrons. The number of rotatable bonds is 6. The Morgan fingerprint density at radius 1 is 0.737 bits per heavy atom. The van der Waals surface area contributed by atoms with Crippen molar-refractivity contribution in [2.45, 2.75) is 17.6 Å². The van der Waals surface area contributed by atoms with Gasteiger partial charge in [0.2, 0.25) is 0 Å². The zero-order valence-electron chi connectivity index (χ0n) is 21.1. The molecule has 3 aliphatic rings. The van der Waals surface area contributed by atoms with E-state index >= 15 is 0 Å². The molecule has 38 heavy (non-hydrogen) atoms. The Morgan fingerprint density at radius 2 is 1.24 bits per heavy atom. The minimum atomic E-state index is -1.04. The normalized spacial score (nSPS) is 22.8. The van der Waals surface area contributed by atoms with E-state index in [9.17, 15) is 9.59 Å². The molecule has 4 aromatic carbocycles. The molecule has 7 rings (SSSR count). The van der Waals surface area contributed by atoms with E-state index in [4.69, 9.17) is 18.9 Å². The summed E-state index contributed by atoms with van der Waals surface area (Å²) in [5.74, 6) is -0.962. The van der Waals surface area contributed by atoms with Crippen molar-refractivity contribution in [3.63, 3.8) is 0 Å². The van der Waals surface area contributed by atoms with Gasteiger partial charge in [-0.25, -0.2) is 4.79 Å². The van der Waals surface area contributed by atoms with Crippen LogP contribution in [0.2, 0.25) is 0 Å². The Morgan fingerprint density at radius 3 is 1.74 bits per heavy atom. The first-order valence-electron chi connectivity index (χ1n) is 12.4. The quantitative estimate of drug-likeness (QED) is 0.191. The van der Waals surface area contributed by atoms with Gasteiger partial charge >= 0.3 is 11.9 Å². The SMILES string of the molecule is C=CC(=O)Oc1ccc(OC(=O)C2CC3(OC)c4ccccc4C2(OC)c2ccccc23)c2ccccc12. The molecule has 0 saturated carbocycles. The first-order chi connectivity index (χ1) is 18.5. The Balaban J connectivity index is 1.47. The average Bonchev–Trinajstić information content (AvgIpc) is 2.98. The number of hydrogen-bond acceptors (Lipinski definition) is 6. The molecule has 3 aliphatic carbocycles. The monoisotopic (exact) mass is 506 g/mol. The standard InChI is InChI=1S/C32H26O6/c1-4-29(33)37-27-17-18-28(21-12-6-5-11-20(21)27)38-30(34)26-19-31(35-2)22-13-7-9-15-24(22)32(26,36-3)25-16-10-8-14-23(25)31/h4-18,26H,1,19H2,2-3H3. The second-order valence-electron chi connectivity index (χ2n) is 9.47. The average molecular weight is 507 g/mol. The van der Waals surface area contributed by atoms with E-state index in [0.717, 1.165) is 28.3 Å². The largest absolute Gasteiger partial charge is 0.426 e. The van der Waals surface area contributed by atoms with Gasteiger partial charge in [-0.3, -0.25) is 4.79 Å². The van der Waals surface area contributed by atoms with E-state index < -0.39 is 29.1 Å². The van der Waals surface area contributed by atoms with Gasteiger partial charge in [-0.05, 0) is 34.4 Å². The van der Waals surface area contributed by atoms with Crippen LogP contribution in [0.4, 0.5) is 0 Å². The molecule has 0 fully saturated rings. The number of benzene rings is 4. The first-order valence-corrected chi connectivity index (χ1v) is 12.4. The third-order valence-corrected chi connectivity index (χ3v) is 7.89. The third kappa shape index (κ3) is 3.20. The lowest BCUT2D eigenvalue weighted by Crippen LogP contribution is -2.58. The molecule has 4 aromatic rings. The summed E-state index contributed by atoms with van der Waals surface area (Å²) in [7, 11) is 3.31. The second kappa shape index (κ2) is 8.94. The fraction of sp³-hybridized carbons (Fsp3) is 0.188. The van der Waals surface area contributed by atoms with Gasteiger partial charge in [-0.15, -0.1) is 0 Å². The highest BCUT2D eigenvalue weighted by molar-refractivity contribution is 5.97. The van der Waals surface area contributed by atoms with E-state index in [0.29, 0.717) is 28.7 Å². The summed E-state index contributed by atoms with van der Waals surface area (Å²) in [6, 6.07) is 26.5. The van der Waals surface area contributed by atoms with Crippen molar-refractivity contribution in [2.75, 3.05) is 14.2 Å². The molecular formula is C32H26O6. The van der Waals surface area contributed by atoms with Gasteiger partial charge in [0, 0.05) is 37.5 Å². The van der Waals surface area contributed by atoms with Crippen LogP contribution in [0.3, 0.4) is 0 Å². The minimum Gasteiger partial charge on any atom is -0.426 e. The van der Waals surface area contributed by atoms with Gasteiger partial charge in [-0.1, -0.05) is 79.4 Å². The van der Waals surface area contributed by atoms with Crippen LogP contribution in [-0.2, 0) is 30.3 Å². The molecule has 190 valence electrons. The Hall–Kier alpha value is -4.26. The van der Waals surface area contributed by atoms with E-state index in [1.54, 1.807) is 26.4 Å². The van der Waals surface area contributed by atoms with Crippen LogP contribution in [0.15, 0.2) is 97.6 Å². The molecule has 0 N–H and O–H groups in total. The molecule has 0 saturated heterocycles. The van der Waals surface area contributed by atoms with Crippen molar-refractivity contribution >= 4 is 22.7 Å². The zero-order valence-corrected chi connectivity index (χ0v) is 21.1. The molecule has 0 amide bonds. The van der Waals surface area contributed by atoms with Crippen molar-refractivity contribution in [1.82, 2.24) is 0 Å². The number of ether oxygens (including phenoxy) is 4. The number of hydrogen-bond donors (Lipinski definition) is 0. The highest BCUT2D eigenvalue weighted by Gasteiger charge is 2.64. The Kier molecular flexibility index (Phi) is 5.67. The lowest BCUT2D eigenvalue weighted by Gasteiger charge is -2.56. The molecule has 1 atom stereocenters. The maximum atomic E-state index is 14.1. The van der Waals surface area contributed by atoms with Gasteiger partial charge in [0.15, 0.2) is 0 Å². The smallest absolute Gasteiger partial charge is 0.335 e. The van der Waals surface area contributed by atoms with Crippen LogP contribution >= 0.6 is 0 Å². The molecular weight excluding hydrogens is 480 g/mol. The number of carbonyl (C=O) groups excluding carboxylic acids is 2. The number of fused-ring (bicyclic) bond motifs is 2. The molecule has 1 unspecified atom stereocenters. The molecule has 6 nitrogen and oxygen atoms in total. The van der Waals surface area contributed by atoms with E-state index in [-0.39, 0.29) is 0 Å². The van der Waals surface area contributed by atoms with Crippen molar-refractivity contribution in [3.05, 3.63) is 120 Å². The highest BCUT2D eigenvalue weighted by Crippen LogP contribution is 2.62. The van der Waals surface area contributed by atoms with Crippen LogP contribution in [0.25, 0.3) is 10.8 Å². The summed E-state index contributed by atoms with van der Waals surface area (Å²) in [4.78, 5) is 25.9. The molecule has 0 spiro atoms. The van der Waals surface area contributed by atoms with Crippen molar-refractivity contribution in [3.8, 4) is 11.5 Å². The van der Waals surface area contributed by atoms with Crippen molar-refractivity contribution in [1.29, 1.82) is 0 Å². The zero-order chi connectivity index (χ0) is 26.5. The molecule has 0 heterocycles. The van der Waals surface area contributed by atoms with Gasteiger partial charge in [-0.2, -0.15) is 0 Å². The summed E-state index contributed by atoms with van der Waals surface area (Å²) in [5, 5.41) is 1.29. The first kappa shape index (κ1) is 24.1. The maximum Gasteiger partial charge on any atom is 0.335 e. The molecule has 6 heteroatoms. The van der Waals surface area contributed by atoms with Gasteiger partial charge in [0.05, 0.1) is 5.92 Å². The van der Waals surface area contributed by atoms with Crippen LogP contribution < -0.4 is 9.47 Å². The van der Waals surface area contributed by atoms with E-state index in [2.05, 4.69) is 6.58 Å². The molecule has 0 aliphatic heterocycles. The number of esters is 2. The lowest BCUT2D eigenvalue weighted by atomic mass is 9.54. The summed E-state index contributed by atoms with van der Waals surface area (Å²) < 4.78 is 24.1. The highest BCUT2D eigenvalue weighted by atomic mass is 16.5. The topological polar surface area (TPSA) is 71.1 Å². The summed E-state index contributed by atoms with van der Waals surface area (Å²) >= 11 is 0. The fourth-order valence-corrected chi connectivity index (χ4v) is 6.30. The lowest BCUT2D eigenvalue weighted by molar-refractivity contribution is -0.164. The minimum absolute atomic E-state index is 0.358.